The van der Waals surface area contributed by atoms with E-state index in [0.717, 1.165) is 12.2 Å². The maximum absolute atomic E-state index is 4.62. The fourth-order valence-corrected chi connectivity index (χ4v) is 3.03. The molecule has 2 rings (SSSR count). The largest absolute Gasteiger partial charge is 0.310 e. The monoisotopic (exact) mass is 303 g/mol. The molecule has 0 saturated heterocycles. The van der Waals surface area contributed by atoms with E-state index < -0.39 is 0 Å². The molecular formula is C17H25N3S. The summed E-state index contributed by atoms with van der Waals surface area (Å²) in [6.07, 6.45) is 2.10. The van der Waals surface area contributed by atoms with Gasteiger partial charge in [-0.3, -0.25) is 4.68 Å². The fourth-order valence-electron chi connectivity index (χ4n) is 2.19. The average molecular weight is 303 g/mol. The van der Waals surface area contributed by atoms with Crippen LogP contribution in [-0.2, 0) is 13.6 Å². The van der Waals surface area contributed by atoms with E-state index in [1.807, 2.05) is 23.5 Å². The molecule has 0 aliphatic carbocycles. The van der Waals surface area contributed by atoms with Crippen LogP contribution in [0.5, 0.6) is 0 Å². The van der Waals surface area contributed by atoms with Crippen molar-refractivity contribution in [1.29, 1.82) is 0 Å². The Bertz CT molecular complexity index is 570. The summed E-state index contributed by atoms with van der Waals surface area (Å²) in [4.78, 5) is 1.31. The third kappa shape index (κ3) is 4.61. The number of rotatable bonds is 6. The number of aromatic nitrogens is 2. The van der Waals surface area contributed by atoms with Crippen molar-refractivity contribution in [2.24, 2.45) is 7.05 Å². The lowest BCUT2D eigenvalue weighted by atomic mass is 10.1. The molecule has 2 aromatic rings. The minimum Gasteiger partial charge on any atom is -0.310 e. The van der Waals surface area contributed by atoms with Gasteiger partial charge in [-0.15, -0.1) is 11.8 Å². The summed E-state index contributed by atoms with van der Waals surface area (Å²) >= 11 is 1.89. The topological polar surface area (TPSA) is 29.9 Å². The summed E-state index contributed by atoms with van der Waals surface area (Å²) in [5.74, 6) is 0. The smallest absolute Gasteiger partial charge is 0.0967 e. The molecule has 0 bridgehead atoms. The number of nitrogens with one attached hydrogen (secondary N) is 1. The molecule has 0 aliphatic heterocycles. The standard InChI is InChI=1S/C17H25N3S/c1-12(2)18-10-15-11-20(5)19-17(15)14-6-8-16(9-7-14)21-13(3)4/h6-9,11-13,18H,10H2,1-5H3. The van der Waals surface area contributed by atoms with Gasteiger partial charge in [0.15, 0.2) is 0 Å². The number of benzene rings is 1. The molecule has 21 heavy (non-hydrogen) atoms. The zero-order valence-corrected chi connectivity index (χ0v) is 14.4. The molecule has 0 amide bonds. The van der Waals surface area contributed by atoms with E-state index in [9.17, 15) is 0 Å². The Balaban J connectivity index is 2.20. The molecule has 3 nitrogen and oxygen atoms in total. The molecule has 114 valence electrons. The quantitative estimate of drug-likeness (QED) is 0.815. The first-order valence-corrected chi connectivity index (χ1v) is 8.36. The molecule has 0 aliphatic rings. The minimum absolute atomic E-state index is 0.475. The van der Waals surface area contributed by atoms with Crippen LogP contribution in [0.15, 0.2) is 35.4 Å². The van der Waals surface area contributed by atoms with Crippen molar-refractivity contribution in [3.05, 3.63) is 36.0 Å². The van der Waals surface area contributed by atoms with Crippen LogP contribution < -0.4 is 5.32 Å². The highest BCUT2D eigenvalue weighted by Gasteiger charge is 2.10. The van der Waals surface area contributed by atoms with Crippen LogP contribution in [-0.4, -0.2) is 21.1 Å². The summed E-state index contributed by atoms with van der Waals surface area (Å²) < 4.78 is 1.89. The van der Waals surface area contributed by atoms with E-state index in [2.05, 4.69) is 68.6 Å². The zero-order chi connectivity index (χ0) is 15.4. The predicted octanol–water partition coefficient (Wildman–Crippen LogP) is 4.09. The zero-order valence-electron chi connectivity index (χ0n) is 13.6. The van der Waals surface area contributed by atoms with Gasteiger partial charge >= 0.3 is 0 Å². The molecular weight excluding hydrogens is 278 g/mol. The van der Waals surface area contributed by atoms with Gasteiger partial charge in [-0.05, 0) is 12.1 Å². The van der Waals surface area contributed by atoms with E-state index >= 15 is 0 Å². The summed E-state index contributed by atoms with van der Waals surface area (Å²) in [5.41, 5.74) is 3.51. The second-order valence-electron chi connectivity index (χ2n) is 5.90. The van der Waals surface area contributed by atoms with Crippen molar-refractivity contribution in [3.8, 4) is 11.3 Å². The van der Waals surface area contributed by atoms with Crippen LogP contribution in [0.4, 0.5) is 0 Å². The van der Waals surface area contributed by atoms with Crippen LogP contribution >= 0.6 is 11.8 Å². The van der Waals surface area contributed by atoms with Crippen molar-refractivity contribution in [3.63, 3.8) is 0 Å². The Morgan fingerprint density at radius 3 is 2.38 bits per heavy atom. The van der Waals surface area contributed by atoms with Gasteiger partial charge in [-0.1, -0.05) is 39.8 Å². The summed E-state index contributed by atoms with van der Waals surface area (Å²) in [5, 5.41) is 8.69. The second-order valence-corrected chi connectivity index (χ2v) is 7.55. The highest BCUT2D eigenvalue weighted by molar-refractivity contribution is 7.99. The highest BCUT2D eigenvalue weighted by Crippen LogP contribution is 2.27. The van der Waals surface area contributed by atoms with E-state index in [0.29, 0.717) is 11.3 Å². The Morgan fingerprint density at radius 1 is 1.14 bits per heavy atom. The summed E-state index contributed by atoms with van der Waals surface area (Å²) in [6.45, 7) is 9.60. The van der Waals surface area contributed by atoms with Crippen molar-refractivity contribution >= 4 is 11.8 Å². The SMILES string of the molecule is CC(C)NCc1cn(C)nc1-c1ccc(SC(C)C)cc1. The molecule has 1 aromatic carbocycles. The molecule has 1 heterocycles. The van der Waals surface area contributed by atoms with E-state index in [-0.39, 0.29) is 0 Å². The van der Waals surface area contributed by atoms with Crippen LogP contribution in [0.2, 0.25) is 0 Å². The first-order chi connectivity index (χ1) is 9.95. The predicted molar refractivity (Wildman–Crippen MR) is 91.6 cm³/mol. The maximum Gasteiger partial charge on any atom is 0.0967 e. The third-order valence-electron chi connectivity index (χ3n) is 3.10. The van der Waals surface area contributed by atoms with Crippen LogP contribution in [0, 0.1) is 0 Å². The van der Waals surface area contributed by atoms with Gasteiger partial charge in [0.25, 0.3) is 0 Å². The van der Waals surface area contributed by atoms with Gasteiger partial charge in [-0.25, -0.2) is 0 Å². The Kier molecular flexibility index (Phi) is 5.48. The Labute approximate surface area is 132 Å². The van der Waals surface area contributed by atoms with Gasteiger partial charge in [0.2, 0.25) is 0 Å². The average Bonchev–Trinajstić information content (AvgIpc) is 2.78. The van der Waals surface area contributed by atoms with Crippen molar-refractivity contribution < 1.29 is 0 Å². The van der Waals surface area contributed by atoms with Gasteiger partial charge < -0.3 is 5.32 Å². The molecule has 0 atom stereocenters. The van der Waals surface area contributed by atoms with Crippen LogP contribution in [0.25, 0.3) is 11.3 Å². The molecule has 0 saturated carbocycles. The van der Waals surface area contributed by atoms with Crippen molar-refractivity contribution in [2.75, 3.05) is 0 Å². The van der Waals surface area contributed by atoms with Gasteiger partial charge in [0.05, 0.1) is 5.69 Å². The van der Waals surface area contributed by atoms with Crippen LogP contribution in [0.3, 0.4) is 0 Å². The molecule has 1 aromatic heterocycles. The molecule has 4 heteroatoms. The first kappa shape index (κ1) is 16.1. The lowest BCUT2D eigenvalue weighted by Crippen LogP contribution is -2.21. The first-order valence-electron chi connectivity index (χ1n) is 7.48. The fraction of sp³-hybridized carbons (Fsp3) is 0.471. The number of thioether (sulfide) groups is 1. The number of aryl methyl sites for hydroxylation is 1. The van der Waals surface area contributed by atoms with Crippen molar-refractivity contribution in [2.45, 2.75) is 50.4 Å². The molecule has 1 N–H and O–H groups in total. The normalized spacial score (nSPS) is 11.6. The number of nitrogens with zero attached hydrogens (tertiary/aromatic N) is 2. The van der Waals surface area contributed by atoms with Gasteiger partial charge in [0, 0.05) is 47.1 Å². The summed E-state index contributed by atoms with van der Waals surface area (Å²) in [6, 6.07) is 9.20. The molecule has 0 unspecified atom stereocenters. The Hall–Kier alpha value is -1.26. The Morgan fingerprint density at radius 2 is 1.81 bits per heavy atom. The van der Waals surface area contributed by atoms with Gasteiger partial charge in [0.1, 0.15) is 0 Å². The van der Waals surface area contributed by atoms with Crippen molar-refractivity contribution in [1.82, 2.24) is 15.1 Å². The van der Waals surface area contributed by atoms with E-state index in [4.69, 9.17) is 0 Å². The van der Waals surface area contributed by atoms with E-state index in [1.54, 1.807) is 0 Å². The third-order valence-corrected chi connectivity index (χ3v) is 4.12. The van der Waals surface area contributed by atoms with Gasteiger partial charge in [-0.2, -0.15) is 5.10 Å². The maximum atomic E-state index is 4.62. The van der Waals surface area contributed by atoms with E-state index in [1.165, 1.54) is 16.0 Å². The molecule has 0 fully saturated rings. The number of hydrogen-bond donors (Lipinski definition) is 1. The lowest BCUT2D eigenvalue weighted by Gasteiger charge is -2.09. The number of hydrogen-bond acceptors (Lipinski definition) is 3. The highest BCUT2D eigenvalue weighted by atomic mass is 32.2. The second kappa shape index (κ2) is 7.14. The van der Waals surface area contributed by atoms with Crippen LogP contribution in [0.1, 0.15) is 33.3 Å². The minimum atomic E-state index is 0.475. The molecule has 0 spiro atoms. The summed E-state index contributed by atoms with van der Waals surface area (Å²) in [7, 11) is 1.98. The lowest BCUT2D eigenvalue weighted by molar-refractivity contribution is 0.589. The molecule has 0 radical (unpaired) electrons.